The van der Waals surface area contributed by atoms with E-state index in [1.807, 2.05) is 13.0 Å². The van der Waals surface area contributed by atoms with Gasteiger partial charge in [-0.05, 0) is 30.8 Å². The summed E-state index contributed by atoms with van der Waals surface area (Å²) in [4.78, 5) is 0.215. The maximum atomic E-state index is 13.5. The first-order valence-corrected chi connectivity index (χ1v) is 7.43. The zero-order valence-corrected chi connectivity index (χ0v) is 11.5. The minimum Gasteiger partial charge on any atom is -0.464 e. The van der Waals surface area contributed by atoms with Crippen LogP contribution >= 0.6 is 0 Å². The second-order valence-electron chi connectivity index (χ2n) is 4.07. The van der Waals surface area contributed by atoms with Crippen LogP contribution < -0.4 is 5.32 Å². The number of nitrogens with one attached hydrogen (secondary N) is 1. The summed E-state index contributed by atoms with van der Waals surface area (Å²) in [6.45, 7) is 3.51. The number of hydrogen-bond donors (Lipinski definition) is 1. The Bertz CT molecular complexity index is 568. The Kier molecular flexibility index (Phi) is 4.87. The molecular weight excluding hydrogens is 265 g/mol. The molecule has 3 nitrogen and oxygen atoms in total. The van der Waals surface area contributed by atoms with Crippen LogP contribution in [-0.4, -0.2) is 10.8 Å². The van der Waals surface area contributed by atoms with E-state index >= 15 is 0 Å². The van der Waals surface area contributed by atoms with Crippen LogP contribution in [0, 0.1) is 5.82 Å². The minimum absolute atomic E-state index is 0.188. The van der Waals surface area contributed by atoms with Crippen LogP contribution in [0.5, 0.6) is 0 Å². The van der Waals surface area contributed by atoms with Crippen LogP contribution in [0.2, 0.25) is 0 Å². The molecule has 1 atom stereocenters. The van der Waals surface area contributed by atoms with Crippen molar-refractivity contribution >= 4 is 10.8 Å². The van der Waals surface area contributed by atoms with Crippen LogP contribution in [0.25, 0.3) is 0 Å². The Balaban J connectivity index is 2.03. The lowest BCUT2D eigenvalue weighted by molar-refractivity contribution is 0.461. The molecule has 0 saturated carbocycles. The predicted molar refractivity (Wildman–Crippen MR) is 72.6 cm³/mol. The molecule has 1 N–H and O–H groups in total. The molecule has 1 aromatic heterocycles. The fourth-order valence-corrected chi connectivity index (χ4v) is 2.76. The second-order valence-corrected chi connectivity index (χ2v) is 5.49. The summed E-state index contributed by atoms with van der Waals surface area (Å²) in [7, 11) is -1.43. The summed E-state index contributed by atoms with van der Waals surface area (Å²) in [5.41, 5.74) is 0. The largest absolute Gasteiger partial charge is 0.464 e. The van der Waals surface area contributed by atoms with Gasteiger partial charge in [0.25, 0.3) is 0 Å². The van der Waals surface area contributed by atoms with Gasteiger partial charge in [0.2, 0.25) is 0 Å². The normalized spacial score (nSPS) is 12.5. The van der Waals surface area contributed by atoms with Crippen molar-refractivity contribution in [1.29, 1.82) is 0 Å². The Labute approximate surface area is 114 Å². The molecule has 2 rings (SSSR count). The standard InChI is InChI=1S/C14H16FNO2S/c1-2-16-9-11-7-8-12(18-11)10-19(17)14-6-4-3-5-13(14)15/h3-8,16H,2,9-10H2,1H3. The molecular formula is C14H16FNO2S. The molecule has 0 spiro atoms. The Morgan fingerprint density at radius 3 is 2.68 bits per heavy atom. The molecule has 0 bridgehead atoms. The summed E-state index contributed by atoms with van der Waals surface area (Å²) in [6, 6.07) is 9.73. The smallest absolute Gasteiger partial charge is 0.139 e. The van der Waals surface area contributed by atoms with Gasteiger partial charge in [-0.15, -0.1) is 0 Å². The predicted octanol–water partition coefficient (Wildman–Crippen LogP) is 2.84. The zero-order chi connectivity index (χ0) is 13.7. The lowest BCUT2D eigenvalue weighted by Gasteiger charge is -2.02. The van der Waals surface area contributed by atoms with E-state index in [0.29, 0.717) is 12.3 Å². The average molecular weight is 281 g/mol. The number of hydrogen-bond acceptors (Lipinski definition) is 3. The van der Waals surface area contributed by atoms with Crippen LogP contribution in [0.4, 0.5) is 4.39 Å². The van der Waals surface area contributed by atoms with Gasteiger partial charge >= 0.3 is 0 Å². The highest BCUT2D eigenvalue weighted by molar-refractivity contribution is 7.84. The van der Waals surface area contributed by atoms with Crippen molar-refractivity contribution in [2.75, 3.05) is 6.54 Å². The fourth-order valence-electron chi connectivity index (χ4n) is 1.68. The molecule has 0 aliphatic rings. The van der Waals surface area contributed by atoms with Gasteiger partial charge in [-0.3, -0.25) is 4.21 Å². The molecule has 0 aliphatic heterocycles. The van der Waals surface area contributed by atoms with Crippen LogP contribution in [0.3, 0.4) is 0 Å². The molecule has 0 amide bonds. The molecule has 1 heterocycles. The lowest BCUT2D eigenvalue weighted by atomic mass is 10.3. The highest BCUT2D eigenvalue weighted by Crippen LogP contribution is 2.17. The van der Waals surface area contributed by atoms with E-state index in [2.05, 4.69) is 5.32 Å². The Hall–Kier alpha value is -1.46. The van der Waals surface area contributed by atoms with Gasteiger partial charge in [0.1, 0.15) is 17.3 Å². The number of halogens is 1. The first kappa shape index (κ1) is 14.0. The molecule has 1 aromatic carbocycles. The molecule has 0 radical (unpaired) electrons. The summed E-state index contributed by atoms with van der Waals surface area (Å²) in [5, 5.41) is 3.14. The number of benzene rings is 1. The van der Waals surface area contributed by atoms with Gasteiger partial charge in [-0.2, -0.15) is 0 Å². The van der Waals surface area contributed by atoms with Crippen molar-refractivity contribution in [3.63, 3.8) is 0 Å². The van der Waals surface area contributed by atoms with Gasteiger partial charge in [0.15, 0.2) is 0 Å². The number of rotatable bonds is 6. The van der Waals surface area contributed by atoms with Gasteiger partial charge in [-0.25, -0.2) is 4.39 Å². The molecule has 2 aromatic rings. The summed E-state index contributed by atoms with van der Waals surface area (Å²) in [5.74, 6) is 1.14. The van der Waals surface area contributed by atoms with E-state index in [1.54, 1.807) is 18.2 Å². The highest BCUT2D eigenvalue weighted by atomic mass is 32.2. The minimum atomic E-state index is -1.43. The van der Waals surface area contributed by atoms with Crippen molar-refractivity contribution in [2.24, 2.45) is 0 Å². The first-order chi connectivity index (χ1) is 9.20. The molecule has 1 unspecified atom stereocenters. The van der Waals surface area contributed by atoms with Crippen LogP contribution in [0.15, 0.2) is 45.7 Å². The summed E-state index contributed by atoms with van der Waals surface area (Å²) < 4.78 is 31.1. The maximum Gasteiger partial charge on any atom is 0.139 e. The molecule has 0 aliphatic carbocycles. The van der Waals surface area contributed by atoms with Crippen molar-refractivity contribution < 1.29 is 13.0 Å². The Morgan fingerprint density at radius 1 is 1.21 bits per heavy atom. The zero-order valence-electron chi connectivity index (χ0n) is 10.7. The highest BCUT2D eigenvalue weighted by Gasteiger charge is 2.12. The van der Waals surface area contributed by atoms with Gasteiger partial charge in [0.05, 0.1) is 28.0 Å². The van der Waals surface area contributed by atoms with E-state index in [9.17, 15) is 8.60 Å². The quantitative estimate of drug-likeness (QED) is 0.885. The van der Waals surface area contributed by atoms with Crippen molar-refractivity contribution in [3.8, 4) is 0 Å². The molecule has 0 saturated heterocycles. The first-order valence-electron chi connectivity index (χ1n) is 6.12. The van der Waals surface area contributed by atoms with Crippen LogP contribution in [0.1, 0.15) is 18.4 Å². The van der Waals surface area contributed by atoms with Gasteiger partial charge in [0, 0.05) is 0 Å². The summed E-state index contributed by atoms with van der Waals surface area (Å²) in [6.07, 6.45) is 0. The van der Waals surface area contributed by atoms with E-state index in [1.165, 1.54) is 12.1 Å². The molecule has 102 valence electrons. The molecule has 19 heavy (non-hydrogen) atoms. The fraction of sp³-hybridized carbons (Fsp3) is 0.286. The molecule has 5 heteroatoms. The van der Waals surface area contributed by atoms with Crippen molar-refractivity contribution in [2.45, 2.75) is 24.1 Å². The van der Waals surface area contributed by atoms with Crippen LogP contribution in [-0.2, 0) is 23.1 Å². The molecule has 0 fully saturated rings. The second kappa shape index (κ2) is 6.63. The lowest BCUT2D eigenvalue weighted by Crippen LogP contribution is -2.10. The van der Waals surface area contributed by atoms with Gasteiger partial charge < -0.3 is 9.73 Å². The van der Waals surface area contributed by atoms with Crippen molar-refractivity contribution in [1.82, 2.24) is 5.32 Å². The Morgan fingerprint density at radius 2 is 1.95 bits per heavy atom. The SMILES string of the molecule is CCNCc1ccc(CS(=O)c2ccccc2F)o1. The van der Waals surface area contributed by atoms with E-state index in [0.717, 1.165) is 12.3 Å². The van der Waals surface area contributed by atoms with Crippen molar-refractivity contribution in [3.05, 3.63) is 53.7 Å². The summed E-state index contributed by atoms with van der Waals surface area (Å²) >= 11 is 0. The maximum absolute atomic E-state index is 13.5. The third kappa shape index (κ3) is 3.75. The van der Waals surface area contributed by atoms with E-state index in [-0.39, 0.29) is 10.6 Å². The third-order valence-electron chi connectivity index (χ3n) is 2.62. The average Bonchev–Trinajstić information content (AvgIpc) is 2.84. The van der Waals surface area contributed by atoms with Gasteiger partial charge in [-0.1, -0.05) is 19.1 Å². The van der Waals surface area contributed by atoms with E-state index < -0.39 is 16.6 Å². The number of furan rings is 1. The third-order valence-corrected chi connectivity index (χ3v) is 3.99. The topological polar surface area (TPSA) is 42.2 Å². The monoisotopic (exact) mass is 281 g/mol. The van der Waals surface area contributed by atoms with E-state index in [4.69, 9.17) is 4.42 Å².